The number of carbonyl (C=O) groups excluding carboxylic acids is 2. The molecule has 0 bridgehead atoms. The number of non-ortho nitro benzene ring substituents is 1. The maximum Gasteiger partial charge on any atom is 0.328 e. The van der Waals surface area contributed by atoms with Crippen molar-refractivity contribution >= 4 is 23.3 Å². The topological polar surface area (TPSA) is 89.8 Å². The van der Waals surface area contributed by atoms with E-state index in [1.807, 2.05) is 6.92 Å². The standard InChI is InChI=1S/C15H18N2O5/c1-3-8-22-15(19)10(2)16-13-6-5-12(17(20)21)9-11(13)4-7-14(16)18/h5-6,9-10H,3-4,7-8H2,1-2H3. The lowest BCUT2D eigenvalue weighted by molar-refractivity contribution is -0.384. The number of benzene rings is 1. The van der Waals surface area contributed by atoms with E-state index < -0.39 is 16.9 Å². The van der Waals surface area contributed by atoms with E-state index in [1.54, 1.807) is 6.92 Å². The molecule has 1 heterocycles. The van der Waals surface area contributed by atoms with E-state index in [0.29, 0.717) is 30.7 Å². The Hall–Kier alpha value is -2.44. The molecule has 1 aliphatic rings. The van der Waals surface area contributed by atoms with Crippen molar-refractivity contribution in [1.29, 1.82) is 0 Å². The van der Waals surface area contributed by atoms with Gasteiger partial charge in [-0.25, -0.2) is 4.79 Å². The Bertz CT molecular complexity index is 614. The number of esters is 1. The third-order valence-corrected chi connectivity index (χ3v) is 3.59. The van der Waals surface area contributed by atoms with E-state index >= 15 is 0 Å². The molecule has 2 rings (SSSR count). The molecule has 1 aliphatic heterocycles. The zero-order valence-electron chi connectivity index (χ0n) is 12.6. The van der Waals surface area contributed by atoms with Gasteiger partial charge < -0.3 is 4.74 Å². The molecule has 0 aromatic heterocycles. The molecule has 0 saturated carbocycles. The molecule has 1 aromatic carbocycles. The highest BCUT2D eigenvalue weighted by molar-refractivity contribution is 6.01. The minimum absolute atomic E-state index is 0.0192. The lowest BCUT2D eigenvalue weighted by Crippen LogP contribution is -2.46. The summed E-state index contributed by atoms with van der Waals surface area (Å²) in [7, 11) is 0. The number of nitro groups is 1. The number of hydrogen-bond donors (Lipinski definition) is 0. The van der Waals surface area contributed by atoms with Crippen molar-refractivity contribution in [2.24, 2.45) is 0 Å². The quantitative estimate of drug-likeness (QED) is 0.472. The van der Waals surface area contributed by atoms with Crippen LogP contribution >= 0.6 is 0 Å². The summed E-state index contributed by atoms with van der Waals surface area (Å²) in [6.07, 6.45) is 1.36. The van der Waals surface area contributed by atoms with Crippen molar-refractivity contribution < 1.29 is 19.2 Å². The van der Waals surface area contributed by atoms with Gasteiger partial charge in [-0.3, -0.25) is 19.8 Å². The summed E-state index contributed by atoms with van der Waals surface area (Å²) >= 11 is 0. The molecule has 0 N–H and O–H groups in total. The molecular formula is C15H18N2O5. The van der Waals surface area contributed by atoms with E-state index in [-0.39, 0.29) is 18.0 Å². The molecule has 7 heteroatoms. The summed E-state index contributed by atoms with van der Waals surface area (Å²) in [4.78, 5) is 35.9. The van der Waals surface area contributed by atoms with Crippen molar-refractivity contribution in [2.45, 2.75) is 39.2 Å². The van der Waals surface area contributed by atoms with E-state index in [4.69, 9.17) is 4.74 Å². The maximum atomic E-state index is 12.2. The van der Waals surface area contributed by atoms with E-state index in [0.717, 1.165) is 0 Å². The van der Waals surface area contributed by atoms with Crippen molar-refractivity contribution in [3.05, 3.63) is 33.9 Å². The predicted octanol–water partition coefficient (Wildman–Crippen LogP) is 2.22. The third kappa shape index (κ3) is 3.08. The van der Waals surface area contributed by atoms with E-state index in [2.05, 4.69) is 0 Å². The summed E-state index contributed by atoms with van der Waals surface area (Å²) in [6.45, 7) is 3.79. The van der Waals surface area contributed by atoms with E-state index in [1.165, 1.54) is 23.1 Å². The van der Waals surface area contributed by atoms with Gasteiger partial charge in [0.15, 0.2) is 0 Å². The lowest BCUT2D eigenvalue weighted by Gasteiger charge is -2.32. The lowest BCUT2D eigenvalue weighted by atomic mass is 9.99. The molecule has 0 spiro atoms. The van der Waals surface area contributed by atoms with Gasteiger partial charge in [-0.1, -0.05) is 6.92 Å². The van der Waals surface area contributed by atoms with E-state index in [9.17, 15) is 19.7 Å². The molecule has 1 amide bonds. The SMILES string of the molecule is CCCOC(=O)C(C)N1C(=O)CCc2cc([N+](=O)[O-])ccc21. The highest BCUT2D eigenvalue weighted by Crippen LogP contribution is 2.32. The molecule has 0 aliphatic carbocycles. The Kier molecular flexibility index (Phi) is 4.75. The Morgan fingerprint density at radius 1 is 1.45 bits per heavy atom. The van der Waals surface area contributed by atoms with Crippen LogP contribution in [0.25, 0.3) is 0 Å². The normalized spacial score (nSPS) is 15.2. The fourth-order valence-corrected chi connectivity index (χ4v) is 2.47. The highest BCUT2D eigenvalue weighted by Gasteiger charge is 2.33. The minimum Gasteiger partial charge on any atom is -0.464 e. The molecular weight excluding hydrogens is 288 g/mol. The van der Waals surface area contributed by atoms with Crippen LogP contribution in [0.2, 0.25) is 0 Å². The largest absolute Gasteiger partial charge is 0.464 e. The van der Waals surface area contributed by atoms with Gasteiger partial charge in [-0.15, -0.1) is 0 Å². The van der Waals surface area contributed by atoms with Crippen LogP contribution in [-0.2, 0) is 20.7 Å². The van der Waals surface area contributed by atoms with Gasteiger partial charge in [0.25, 0.3) is 5.69 Å². The molecule has 1 unspecified atom stereocenters. The van der Waals surface area contributed by atoms with Gasteiger partial charge in [-0.2, -0.15) is 0 Å². The number of fused-ring (bicyclic) bond motifs is 1. The van der Waals surface area contributed by atoms with Crippen LogP contribution in [0.5, 0.6) is 0 Å². The molecule has 22 heavy (non-hydrogen) atoms. The summed E-state index contributed by atoms with van der Waals surface area (Å²) in [5, 5.41) is 10.8. The monoisotopic (exact) mass is 306 g/mol. The second-order valence-corrected chi connectivity index (χ2v) is 5.18. The third-order valence-electron chi connectivity index (χ3n) is 3.59. The van der Waals surface area contributed by atoms with Crippen LogP contribution in [0.1, 0.15) is 32.3 Å². The van der Waals surface area contributed by atoms with Crippen LogP contribution in [-0.4, -0.2) is 29.4 Å². The Balaban J connectivity index is 2.31. The first kappa shape index (κ1) is 15.9. The average Bonchev–Trinajstić information content (AvgIpc) is 2.51. The Labute approximate surface area is 128 Å². The van der Waals surface area contributed by atoms with Crippen LogP contribution in [0.15, 0.2) is 18.2 Å². The molecule has 1 atom stereocenters. The van der Waals surface area contributed by atoms with Gasteiger partial charge >= 0.3 is 5.97 Å². The van der Waals surface area contributed by atoms with Crippen LogP contribution in [0.4, 0.5) is 11.4 Å². The van der Waals surface area contributed by atoms with Crippen molar-refractivity contribution in [1.82, 2.24) is 0 Å². The number of nitrogens with zero attached hydrogens (tertiary/aromatic N) is 2. The number of aryl methyl sites for hydroxylation is 1. The van der Waals surface area contributed by atoms with Gasteiger partial charge in [0.1, 0.15) is 6.04 Å². The molecule has 1 aromatic rings. The average molecular weight is 306 g/mol. The molecule has 0 saturated heterocycles. The molecule has 7 nitrogen and oxygen atoms in total. The summed E-state index contributed by atoms with van der Waals surface area (Å²) in [5.74, 6) is -0.649. The second kappa shape index (κ2) is 6.55. The van der Waals surface area contributed by atoms with Gasteiger partial charge in [-0.05, 0) is 31.4 Å². The zero-order valence-corrected chi connectivity index (χ0v) is 12.6. The second-order valence-electron chi connectivity index (χ2n) is 5.18. The zero-order chi connectivity index (χ0) is 16.3. The Morgan fingerprint density at radius 3 is 2.82 bits per heavy atom. The first-order valence-corrected chi connectivity index (χ1v) is 7.21. The predicted molar refractivity (Wildman–Crippen MR) is 79.6 cm³/mol. The number of ether oxygens (including phenoxy) is 1. The highest BCUT2D eigenvalue weighted by atomic mass is 16.6. The van der Waals surface area contributed by atoms with Gasteiger partial charge in [0.05, 0.1) is 11.5 Å². The number of amides is 1. The number of hydrogen-bond acceptors (Lipinski definition) is 5. The number of rotatable bonds is 5. The number of nitro benzene ring substituents is 1. The van der Waals surface area contributed by atoms with Crippen molar-refractivity contribution in [3.8, 4) is 0 Å². The van der Waals surface area contributed by atoms with Crippen molar-refractivity contribution in [2.75, 3.05) is 11.5 Å². The fraction of sp³-hybridized carbons (Fsp3) is 0.467. The Morgan fingerprint density at radius 2 is 2.18 bits per heavy atom. The number of carbonyl (C=O) groups is 2. The minimum atomic E-state index is -0.750. The van der Waals surface area contributed by atoms with Crippen LogP contribution in [0.3, 0.4) is 0 Å². The van der Waals surface area contributed by atoms with Crippen molar-refractivity contribution in [3.63, 3.8) is 0 Å². The van der Waals surface area contributed by atoms with Gasteiger partial charge in [0, 0.05) is 24.2 Å². The first-order valence-electron chi connectivity index (χ1n) is 7.21. The number of anilines is 1. The maximum absolute atomic E-state index is 12.2. The van der Waals surface area contributed by atoms with Gasteiger partial charge in [0.2, 0.25) is 5.91 Å². The molecule has 0 fully saturated rings. The fourth-order valence-electron chi connectivity index (χ4n) is 2.47. The smallest absolute Gasteiger partial charge is 0.328 e. The summed E-state index contributed by atoms with van der Waals surface area (Å²) in [5.41, 5.74) is 1.22. The van der Waals surface area contributed by atoms with Crippen LogP contribution < -0.4 is 4.90 Å². The first-order chi connectivity index (χ1) is 10.5. The van der Waals surface area contributed by atoms with Crippen LogP contribution in [0, 0.1) is 10.1 Å². The molecule has 0 radical (unpaired) electrons. The summed E-state index contributed by atoms with van der Waals surface area (Å²) in [6, 6.07) is 3.57. The summed E-state index contributed by atoms with van der Waals surface area (Å²) < 4.78 is 5.09. The molecule has 118 valence electrons.